The molecule has 0 saturated heterocycles. The Balaban J connectivity index is 1.58. The Labute approximate surface area is 246 Å². The lowest BCUT2D eigenvalue weighted by atomic mass is 9.43. The molecule has 4 bridgehead atoms. The van der Waals surface area contributed by atoms with Crippen molar-refractivity contribution in [1.82, 2.24) is 9.97 Å². The quantitative estimate of drug-likeness (QED) is 0.279. The summed E-state index contributed by atoms with van der Waals surface area (Å²) in [5, 5.41) is 0. The van der Waals surface area contributed by atoms with Crippen molar-refractivity contribution in [2.45, 2.75) is 96.1 Å². The van der Waals surface area contributed by atoms with Gasteiger partial charge in [-0.25, -0.2) is 0 Å². The van der Waals surface area contributed by atoms with Gasteiger partial charge in [0.1, 0.15) is 0 Å². The van der Waals surface area contributed by atoms with Crippen LogP contribution in [-0.4, -0.2) is 16.1 Å². The van der Waals surface area contributed by atoms with Crippen molar-refractivity contribution in [2.75, 3.05) is 6.16 Å². The van der Waals surface area contributed by atoms with E-state index < -0.39 is 7.92 Å². The number of nitrogens with zero attached hydrogens (tertiary/aromatic N) is 2. The van der Waals surface area contributed by atoms with Crippen LogP contribution in [0, 0.1) is 23.7 Å². The molecular weight excluding hydrogens is 522 g/mol. The maximum atomic E-state index is 4.92. The van der Waals surface area contributed by atoms with E-state index in [2.05, 4.69) is 87.2 Å². The third kappa shape index (κ3) is 5.11. The molecule has 7 rings (SSSR count). The Kier molecular flexibility index (Phi) is 7.54. The number of benzene rings is 1. The van der Waals surface area contributed by atoms with E-state index >= 15 is 0 Å². The molecule has 212 valence electrons. The second-order valence-corrected chi connectivity index (χ2v) is 17.7. The minimum atomic E-state index is -0.717. The Morgan fingerprint density at radius 2 is 1.35 bits per heavy atom. The van der Waals surface area contributed by atoms with Crippen molar-refractivity contribution in [3.05, 3.63) is 83.2 Å². The average molecular weight is 571 g/mol. The summed E-state index contributed by atoms with van der Waals surface area (Å²) in [4.78, 5) is 9.84. The molecular formula is C36H48N2P2. The summed E-state index contributed by atoms with van der Waals surface area (Å²) in [6, 6.07) is 18.2. The molecule has 0 aliphatic heterocycles. The molecule has 4 saturated carbocycles. The summed E-state index contributed by atoms with van der Waals surface area (Å²) in [5.41, 5.74) is 9.19. The van der Waals surface area contributed by atoms with Crippen LogP contribution in [0.2, 0.25) is 0 Å². The predicted octanol–water partition coefficient (Wildman–Crippen LogP) is 8.27. The van der Waals surface area contributed by atoms with Crippen molar-refractivity contribution < 1.29 is 0 Å². The van der Waals surface area contributed by atoms with Gasteiger partial charge >= 0.3 is 0 Å². The summed E-state index contributed by atoms with van der Waals surface area (Å²) in [5.74, 6) is 3.48. The van der Waals surface area contributed by atoms with Gasteiger partial charge in [-0.1, -0.05) is 65.8 Å². The van der Waals surface area contributed by atoms with Gasteiger partial charge in [-0.15, -0.1) is 9.24 Å². The zero-order valence-electron chi connectivity index (χ0n) is 25.5. The molecule has 2 heterocycles. The van der Waals surface area contributed by atoms with Crippen LogP contribution in [0.5, 0.6) is 0 Å². The van der Waals surface area contributed by atoms with Gasteiger partial charge in [0.15, 0.2) is 0 Å². The van der Waals surface area contributed by atoms with Gasteiger partial charge in [0.05, 0.1) is 10.9 Å². The molecule has 4 heteroatoms. The second-order valence-electron chi connectivity index (χ2n) is 15.1. The fourth-order valence-corrected chi connectivity index (χ4v) is 11.9. The lowest BCUT2D eigenvalue weighted by Gasteiger charge is -2.62. The molecule has 4 fully saturated rings. The monoisotopic (exact) mass is 570 g/mol. The Bertz CT molecular complexity index is 1290. The van der Waals surface area contributed by atoms with Crippen LogP contribution in [0.1, 0.15) is 95.9 Å². The number of aromatic nitrogens is 2. The first-order chi connectivity index (χ1) is 19.0. The summed E-state index contributed by atoms with van der Waals surface area (Å²) in [6.07, 6.45) is 13.3. The van der Waals surface area contributed by atoms with Gasteiger partial charge < -0.3 is 0 Å². The molecule has 4 aliphatic carbocycles. The molecule has 2 aromatic heterocycles. The number of rotatable bonds is 6. The first-order valence-electron chi connectivity index (χ1n) is 15.5. The van der Waals surface area contributed by atoms with Crippen molar-refractivity contribution in [3.8, 4) is 0 Å². The highest BCUT2D eigenvalue weighted by atomic mass is 31.1. The van der Waals surface area contributed by atoms with Crippen LogP contribution in [0.4, 0.5) is 0 Å². The van der Waals surface area contributed by atoms with E-state index in [1.165, 1.54) is 54.7 Å². The summed E-state index contributed by atoms with van der Waals surface area (Å²) in [7, 11) is 2.47. The maximum Gasteiger partial charge on any atom is 0.0695 e. The van der Waals surface area contributed by atoms with Crippen LogP contribution < -0.4 is 10.9 Å². The van der Waals surface area contributed by atoms with Crippen LogP contribution in [0.3, 0.4) is 0 Å². The Hall–Kier alpha value is -1.62. The minimum absolute atomic E-state index is 0.0795. The highest BCUT2D eigenvalue weighted by Crippen LogP contribution is 2.65. The molecule has 0 amide bonds. The van der Waals surface area contributed by atoms with E-state index in [0.29, 0.717) is 5.41 Å². The zero-order valence-corrected chi connectivity index (χ0v) is 27.5. The van der Waals surface area contributed by atoms with E-state index in [4.69, 9.17) is 9.97 Å². The summed E-state index contributed by atoms with van der Waals surface area (Å²) in [6.45, 7) is 14.5. The van der Waals surface area contributed by atoms with Crippen LogP contribution >= 0.6 is 17.2 Å². The fourth-order valence-electron chi connectivity index (χ4n) is 8.94. The largest absolute Gasteiger partial charge is 0.256 e. The minimum Gasteiger partial charge on any atom is -0.256 e. The van der Waals surface area contributed by atoms with Crippen molar-refractivity contribution in [1.29, 1.82) is 0 Å². The van der Waals surface area contributed by atoms with Gasteiger partial charge in [0.25, 0.3) is 0 Å². The van der Waals surface area contributed by atoms with Gasteiger partial charge in [-0.2, -0.15) is 0 Å². The molecule has 0 spiro atoms. The van der Waals surface area contributed by atoms with Crippen molar-refractivity contribution in [2.24, 2.45) is 23.7 Å². The lowest BCUT2D eigenvalue weighted by molar-refractivity contribution is -0.0521. The fraction of sp³-hybridized carbons (Fsp3) is 0.556. The molecule has 4 atom stereocenters. The van der Waals surface area contributed by atoms with Crippen molar-refractivity contribution in [3.63, 3.8) is 0 Å². The van der Waals surface area contributed by atoms with E-state index in [1.54, 1.807) is 16.7 Å². The summed E-state index contributed by atoms with van der Waals surface area (Å²) < 4.78 is 0. The number of hydrogen-bond acceptors (Lipinski definition) is 2. The summed E-state index contributed by atoms with van der Waals surface area (Å²) >= 11 is 0. The second kappa shape index (κ2) is 10.6. The highest BCUT2D eigenvalue weighted by molar-refractivity contribution is 7.71. The molecule has 3 aromatic rings. The third-order valence-corrected chi connectivity index (χ3v) is 13.2. The van der Waals surface area contributed by atoms with Crippen molar-refractivity contribution >= 4 is 28.0 Å². The normalized spacial score (nSPS) is 27.9. The SMILES string of the molecule is CC(C)(C)c1cc(CP(c2ccccn2)c2ccccn2)c(C23CC4CC(CC(C4)C2CP)C3)cc1C(C)(C)C. The predicted molar refractivity (Wildman–Crippen MR) is 176 cm³/mol. The molecule has 0 N–H and O–H groups in total. The van der Waals surface area contributed by atoms with E-state index in [-0.39, 0.29) is 10.8 Å². The molecule has 2 nitrogen and oxygen atoms in total. The third-order valence-electron chi connectivity index (χ3n) is 10.4. The highest BCUT2D eigenvalue weighted by Gasteiger charge is 2.57. The maximum absolute atomic E-state index is 4.92. The van der Waals surface area contributed by atoms with E-state index in [1.807, 2.05) is 24.5 Å². The Morgan fingerprint density at radius 3 is 1.82 bits per heavy atom. The molecule has 40 heavy (non-hydrogen) atoms. The Morgan fingerprint density at radius 1 is 0.800 bits per heavy atom. The molecule has 4 aliphatic rings. The van der Waals surface area contributed by atoms with Gasteiger partial charge in [-0.3, -0.25) is 9.97 Å². The number of hydrogen-bond donors (Lipinski definition) is 0. The van der Waals surface area contributed by atoms with Gasteiger partial charge in [0, 0.05) is 26.5 Å². The van der Waals surface area contributed by atoms with E-state index in [9.17, 15) is 0 Å². The zero-order chi connectivity index (χ0) is 28.3. The lowest BCUT2D eigenvalue weighted by Crippen LogP contribution is -2.56. The van der Waals surface area contributed by atoms with Crippen LogP contribution in [-0.2, 0) is 22.4 Å². The smallest absolute Gasteiger partial charge is 0.0695 e. The topological polar surface area (TPSA) is 25.8 Å². The first-order valence-corrected chi connectivity index (χ1v) is 17.8. The van der Waals surface area contributed by atoms with Crippen LogP contribution in [0.15, 0.2) is 60.9 Å². The average Bonchev–Trinajstić information content (AvgIpc) is 2.91. The van der Waals surface area contributed by atoms with Gasteiger partial charge in [-0.05, 0) is 125 Å². The van der Waals surface area contributed by atoms with Crippen LogP contribution in [0.25, 0.3) is 0 Å². The molecule has 4 unspecified atom stereocenters. The molecule has 1 aromatic carbocycles. The van der Waals surface area contributed by atoms with Gasteiger partial charge in [0.2, 0.25) is 0 Å². The van der Waals surface area contributed by atoms with E-state index in [0.717, 1.165) is 29.8 Å². The first kappa shape index (κ1) is 28.5. The standard InChI is InChI=1S/C36H48N2P2/c1-34(2,3)29-18-27(23-40(32-11-7-9-13-37-32)33-12-8-10-14-38-33)28(19-30(29)35(4,5)6)36-20-24-15-25(21-36)17-26(16-24)31(36)22-39/h7-14,18-19,24-26,31H,15-17,20-23,39H2,1-6H3. The molecule has 0 radical (unpaired) electrons. The number of pyridine rings is 2.